The Labute approximate surface area is 122 Å². The second-order valence-electron chi connectivity index (χ2n) is 6.24. The predicted molar refractivity (Wildman–Crippen MR) is 78.5 cm³/mol. The van der Waals surface area contributed by atoms with Gasteiger partial charge in [0.25, 0.3) is 0 Å². The molecule has 0 aromatic carbocycles. The van der Waals surface area contributed by atoms with E-state index in [9.17, 15) is 9.59 Å². The van der Waals surface area contributed by atoms with Crippen LogP contribution >= 0.6 is 0 Å². The van der Waals surface area contributed by atoms with Crippen LogP contribution in [0.4, 0.5) is 4.79 Å². The third-order valence-electron chi connectivity index (χ3n) is 2.59. The highest BCUT2D eigenvalue weighted by atomic mass is 16.6. The molecule has 1 amide bonds. The highest BCUT2D eigenvalue weighted by molar-refractivity contribution is 5.81. The summed E-state index contributed by atoms with van der Waals surface area (Å²) in [6.45, 7) is 11.5. The van der Waals surface area contributed by atoms with E-state index in [1.165, 1.54) is 0 Å². The summed E-state index contributed by atoms with van der Waals surface area (Å²) in [5.74, 6) is -0.455. The number of nitrogens with one attached hydrogen (secondary N) is 1. The number of alkyl carbamates (subject to hydrolysis) is 1. The lowest BCUT2D eigenvalue weighted by Crippen LogP contribution is -2.47. The molecule has 1 unspecified atom stereocenters. The van der Waals surface area contributed by atoms with E-state index in [4.69, 9.17) is 9.47 Å². The van der Waals surface area contributed by atoms with Crippen molar-refractivity contribution in [3.8, 4) is 0 Å². The van der Waals surface area contributed by atoms with Gasteiger partial charge in [0.05, 0.1) is 6.61 Å². The van der Waals surface area contributed by atoms with Crippen molar-refractivity contribution in [2.24, 2.45) is 5.92 Å². The van der Waals surface area contributed by atoms with E-state index in [1.54, 1.807) is 20.8 Å². The molecule has 0 heterocycles. The lowest BCUT2D eigenvalue weighted by molar-refractivity contribution is -0.147. The largest absolute Gasteiger partial charge is 0.464 e. The highest BCUT2D eigenvalue weighted by Crippen LogP contribution is 2.10. The number of rotatable bonds is 7. The summed E-state index contributed by atoms with van der Waals surface area (Å²) in [5.41, 5.74) is -0.587. The molecular formula is C15H29NO4. The van der Waals surface area contributed by atoms with Gasteiger partial charge >= 0.3 is 12.1 Å². The third kappa shape index (κ3) is 8.77. The summed E-state index contributed by atoms with van der Waals surface area (Å²) in [7, 11) is 0. The van der Waals surface area contributed by atoms with E-state index in [2.05, 4.69) is 12.2 Å². The zero-order valence-electron chi connectivity index (χ0n) is 13.6. The van der Waals surface area contributed by atoms with Gasteiger partial charge in [-0.25, -0.2) is 9.59 Å². The Bertz CT molecular complexity index is 307. The second-order valence-corrected chi connectivity index (χ2v) is 6.24. The van der Waals surface area contributed by atoms with Gasteiger partial charge in [-0.15, -0.1) is 0 Å². The van der Waals surface area contributed by atoms with E-state index in [1.807, 2.05) is 13.8 Å². The van der Waals surface area contributed by atoms with Gasteiger partial charge in [0.2, 0.25) is 0 Å². The molecule has 0 aromatic heterocycles. The molecular weight excluding hydrogens is 258 g/mol. The van der Waals surface area contributed by atoms with Gasteiger partial charge in [0, 0.05) is 0 Å². The van der Waals surface area contributed by atoms with Crippen LogP contribution < -0.4 is 5.32 Å². The van der Waals surface area contributed by atoms with Crippen LogP contribution in [0.25, 0.3) is 0 Å². The molecule has 0 fully saturated rings. The molecule has 20 heavy (non-hydrogen) atoms. The minimum atomic E-state index is -0.675. The summed E-state index contributed by atoms with van der Waals surface area (Å²) < 4.78 is 10.3. The van der Waals surface area contributed by atoms with Crippen LogP contribution in [0.3, 0.4) is 0 Å². The SMILES string of the molecule is CCCCCOC(=O)C(NC(=O)OC(C)(C)C)C(C)C. The van der Waals surface area contributed by atoms with Crippen LogP contribution in [0.15, 0.2) is 0 Å². The quantitative estimate of drug-likeness (QED) is 0.576. The van der Waals surface area contributed by atoms with Crippen LogP contribution in [0.2, 0.25) is 0 Å². The number of esters is 1. The molecule has 0 saturated carbocycles. The molecule has 1 N–H and O–H groups in total. The standard InChI is InChI=1S/C15H29NO4/c1-7-8-9-10-19-13(17)12(11(2)3)16-14(18)20-15(4,5)6/h11-12H,7-10H2,1-6H3,(H,16,18). The Kier molecular flexibility index (Phi) is 8.26. The van der Waals surface area contributed by atoms with Gasteiger partial charge < -0.3 is 14.8 Å². The Morgan fingerprint density at radius 1 is 1.15 bits per heavy atom. The van der Waals surface area contributed by atoms with Gasteiger partial charge in [-0.3, -0.25) is 0 Å². The Balaban J connectivity index is 4.35. The topological polar surface area (TPSA) is 64.6 Å². The Hall–Kier alpha value is -1.26. The van der Waals surface area contributed by atoms with E-state index in [0.29, 0.717) is 6.61 Å². The summed E-state index contributed by atoms with van der Waals surface area (Å²) in [6.07, 6.45) is 2.35. The van der Waals surface area contributed by atoms with Crippen LogP contribution in [-0.4, -0.2) is 30.3 Å². The second kappa shape index (κ2) is 8.82. The molecule has 0 spiro atoms. The normalized spacial score (nSPS) is 12.9. The van der Waals surface area contributed by atoms with Crippen LogP contribution in [-0.2, 0) is 14.3 Å². The number of carbonyl (C=O) groups excluding carboxylic acids is 2. The van der Waals surface area contributed by atoms with Crippen molar-refractivity contribution in [3.63, 3.8) is 0 Å². The lowest BCUT2D eigenvalue weighted by Gasteiger charge is -2.24. The van der Waals surface area contributed by atoms with Gasteiger partial charge in [-0.2, -0.15) is 0 Å². The first-order valence-electron chi connectivity index (χ1n) is 7.33. The fourth-order valence-corrected chi connectivity index (χ4v) is 1.55. The first kappa shape index (κ1) is 18.7. The molecule has 0 rings (SSSR count). The first-order chi connectivity index (χ1) is 9.17. The highest BCUT2D eigenvalue weighted by Gasteiger charge is 2.27. The van der Waals surface area contributed by atoms with Crippen molar-refractivity contribution in [2.45, 2.75) is 72.4 Å². The van der Waals surface area contributed by atoms with Crippen molar-refractivity contribution in [1.82, 2.24) is 5.32 Å². The number of unbranched alkanes of at least 4 members (excludes halogenated alkanes) is 2. The summed E-state index contributed by atoms with van der Waals surface area (Å²) in [5, 5.41) is 2.58. The van der Waals surface area contributed by atoms with E-state index < -0.39 is 23.7 Å². The van der Waals surface area contributed by atoms with Gasteiger partial charge in [0.1, 0.15) is 11.6 Å². The molecule has 1 atom stereocenters. The van der Waals surface area contributed by atoms with Gasteiger partial charge in [-0.1, -0.05) is 33.6 Å². The predicted octanol–water partition coefficient (Wildman–Crippen LogP) is 3.27. The number of amides is 1. The Morgan fingerprint density at radius 2 is 1.75 bits per heavy atom. The molecule has 0 saturated heterocycles. The number of carbonyl (C=O) groups is 2. The molecule has 0 radical (unpaired) electrons. The summed E-state index contributed by atoms with van der Waals surface area (Å²) in [6, 6.07) is -0.675. The molecule has 118 valence electrons. The minimum absolute atomic E-state index is 0.0545. The maximum absolute atomic E-state index is 12.0. The molecule has 5 nitrogen and oxygen atoms in total. The Morgan fingerprint density at radius 3 is 2.20 bits per heavy atom. The maximum atomic E-state index is 12.0. The van der Waals surface area contributed by atoms with E-state index in [-0.39, 0.29) is 5.92 Å². The molecule has 0 aliphatic carbocycles. The van der Waals surface area contributed by atoms with Crippen molar-refractivity contribution in [3.05, 3.63) is 0 Å². The van der Waals surface area contributed by atoms with Crippen LogP contribution in [0, 0.1) is 5.92 Å². The van der Waals surface area contributed by atoms with Gasteiger partial charge in [0.15, 0.2) is 0 Å². The maximum Gasteiger partial charge on any atom is 0.408 e. The first-order valence-corrected chi connectivity index (χ1v) is 7.33. The van der Waals surface area contributed by atoms with Crippen molar-refractivity contribution in [2.75, 3.05) is 6.61 Å². The molecule has 0 bridgehead atoms. The van der Waals surface area contributed by atoms with Crippen LogP contribution in [0.1, 0.15) is 60.8 Å². The number of hydrogen-bond acceptors (Lipinski definition) is 4. The average Bonchev–Trinajstić information content (AvgIpc) is 2.28. The summed E-state index contributed by atoms with van der Waals surface area (Å²) in [4.78, 5) is 23.7. The zero-order valence-corrected chi connectivity index (χ0v) is 13.6. The molecule has 0 aromatic rings. The number of hydrogen-bond donors (Lipinski definition) is 1. The smallest absolute Gasteiger partial charge is 0.408 e. The summed E-state index contributed by atoms with van der Waals surface area (Å²) >= 11 is 0. The van der Waals surface area contributed by atoms with E-state index >= 15 is 0 Å². The minimum Gasteiger partial charge on any atom is -0.464 e. The van der Waals surface area contributed by atoms with Gasteiger partial charge in [-0.05, 0) is 33.1 Å². The zero-order chi connectivity index (χ0) is 15.8. The van der Waals surface area contributed by atoms with Crippen LogP contribution in [0.5, 0.6) is 0 Å². The van der Waals surface area contributed by atoms with Crippen molar-refractivity contribution >= 4 is 12.1 Å². The lowest BCUT2D eigenvalue weighted by atomic mass is 10.1. The number of ether oxygens (including phenoxy) is 2. The molecule has 5 heteroatoms. The average molecular weight is 287 g/mol. The van der Waals surface area contributed by atoms with E-state index in [0.717, 1.165) is 19.3 Å². The van der Waals surface area contributed by atoms with Crippen molar-refractivity contribution in [1.29, 1.82) is 0 Å². The molecule has 0 aliphatic rings. The fourth-order valence-electron chi connectivity index (χ4n) is 1.55. The molecule has 0 aliphatic heterocycles. The third-order valence-corrected chi connectivity index (χ3v) is 2.59. The monoisotopic (exact) mass is 287 g/mol. The fraction of sp³-hybridized carbons (Fsp3) is 0.867. The van der Waals surface area contributed by atoms with Crippen molar-refractivity contribution < 1.29 is 19.1 Å².